The fraction of sp³-hybridized carbons (Fsp3) is 0.238. The summed E-state index contributed by atoms with van der Waals surface area (Å²) in [6.45, 7) is 4.80. The first kappa shape index (κ1) is 17.0. The van der Waals surface area contributed by atoms with Crippen LogP contribution in [0.15, 0.2) is 48.5 Å². The van der Waals surface area contributed by atoms with Gasteiger partial charge in [0.1, 0.15) is 0 Å². The van der Waals surface area contributed by atoms with Gasteiger partial charge in [0.25, 0.3) is 0 Å². The first-order valence-electron chi connectivity index (χ1n) is 8.50. The highest BCUT2D eigenvalue weighted by Gasteiger charge is 2.21. The summed E-state index contributed by atoms with van der Waals surface area (Å²) in [5.41, 5.74) is 4.89. The van der Waals surface area contributed by atoms with Crippen LogP contribution in [-0.4, -0.2) is 18.4 Å². The summed E-state index contributed by atoms with van der Waals surface area (Å²) in [5, 5.41) is 2.90. The molecule has 0 saturated carbocycles. The van der Waals surface area contributed by atoms with Crippen molar-refractivity contribution in [2.45, 2.75) is 26.7 Å². The molecule has 1 saturated heterocycles. The SMILES string of the molecule is Cc1cccc(NC(=O)/C=C/c2ccc(N3CCCC3=O)cc2)c1C. The Bertz CT molecular complexity index is 822. The van der Waals surface area contributed by atoms with Crippen molar-refractivity contribution >= 4 is 29.3 Å². The largest absolute Gasteiger partial charge is 0.322 e. The van der Waals surface area contributed by atoms with Crippen LogP contribution in [0.4, 0.5) is 11.4 Å². The number of hydrogen-bond donors (Lipinski definition) is 1. The molecule has 25 heavy (non-hydrogen) atoms. The fourth-order valence-corrected chi connectivity index (χ4v) is 2.92. The number of hydrogen-bond acceptors (Lipinski definition) is 2. The van der Waals surface area contributed by atoms with Crippen LogP contribution in [0.3, 0.4) is 0 Å². The molecule has 3 rings (SSSR count). The molecular formula is C21H22N2O2. The van der Waals surface area contributed by atoms with Crippen LogP contribution in [0.1, 0.15) is 29.5 Å². The van der Waals surface area contributed by atoms with Gasteiger partial charge in [-0.2, -0.15) is 0 Å². The predicted octanol–water partition coefficient (Wildman–Crippen LogP) is 4.08. The molecule has 128 valence electrons. The number of anilines is 2. The van der Waals surface area contributed by atoms with Gasteiger partial charge < -0.3 is 10.2 Å². The second-order valence-corrected chi connectivity index (χ2v) is 6.31. The van der Waals surface area contributed by atoms with E-state index in [1.807, 2.05) is 56.3 Å². The molecule has 1 heterocycles. The lowest BCUT2D eigenvalue weighted by Gasteiger charge is -2.15. The van der Waals surface area contributed by atoms with Gasteiger partial charge in [-0.05, 0) is 61.2 Å². The van der Waals surface area contributed by atoms with E-state index in [9.17, 15) is 9.59 Å². The summed E-state index contributed by atoms with van der Waals surface area (Å²) in [6, 6.07) is 13.5. The highest BCUT2D eigenvalue weighted by molar-refractivity contribution is 6.02. The molecule has 0 aliphatic carbocycles. The zero-order chi connectivity index (χ0) is 17.8. The van der Waals surface area contributed by atoms with Crippen LogP contribution in [0, 0.1) is 13.8 Å². The Balaban J connectivity index is 1.64. The van der Waals surface area contributed by atoms with Gasteiger partial charge in [-0.3, -0.25) is 9.59 Å². The maximum absolute atomic E-state index is 12.1. The third kappa shape index (κ3) is 3.97. The molecule has 0 radical (unpaired) electrons. The fourth-order valence-electron chi connectivity index (χ4n) is 2.92. The summed E-state index contributed by atoms with van der Waals surface area (Å²) in [5.74, 6) is 0.0173. The smallest absolute Gasteiger partial charge is 0.248 e. The van der Waals surface area contributed by atoms with E-state index in [2.05, 4.69) is 5.32 Å². The van der Waals surface area contributed by atoms with Gasteiger partial charge in [0.2, 0.25) is 11.8 Å². The van der Waals surface area contributed by atoms with Crippen molar-refractivity contribution in [2.24, 2.45) is 0 Å². The predicted molar refractivity (Wildman–Crippen MR) is 102 cm³/mol. The van der Waals surface area contributed by atoms with E-state index in [0.29, 0.717) is 6.42 Å². The Hall–Kier alpha value is -2.88. The molecule has 0 atom stereocenters. The van der Waals surface area contributed by atoms with Gasteiger partial charge in [-0.15, -0.1) is 0 Å². The van der Waals surface area contributed by atoms with Crippen LogP contribution in [0.5, 0.6) is 0 Å². The quantitative estimate of drug-likeness (QED) is 0.857. The lowest BCUT2D eigenvalue weighted by molar-refractivity contribution is -0.117. The molecule has 4 nitrogen and oxygen atoms in total. The van der Waals surface area contributed by atoms with Gasteiger partial charge >= 0.3 is 0 Å². The van der Waals surface area contributed by atoms with E-state index in [4.69, 9.17) is 0 Å². The Morgan fingerprint density at radius 1 is 1.12 bits per heavy atom. The average molecular weight is 334 g/mol. The summed E-state index contributed by atoms with van der Waals surface area (Å²) in [7, 11) is 0. The summed E-state index contributed by atoms with van der Waals surface area (Å²) in [4.78, 5) is 25.7. The number of benzene rings is 2. The maximum atomic E-state index is 12.1. The molecule has 2 aromatic carbocycles. The van der Waals surface area contributed by atoms with Gasteiger partial charge in [-0.25, -0.2) is 0 Å². The molecule has 4 heteroatoms. The first-order valence-corrected chi connectivity index (χ1v) is 8.50. The van der Waals surface area contributed by atoms with Crippen molar-refractivity contribution in [3.05, 3.63) is 65.2 Å². The zero-order valence-corrected chi connectivity index (χ0v) is 14.6. The van der Waals surface area contributed by atoms with Crippen molar-refractivity contribution in [3.63, 3.8) is 0 Å². The van der Waals surface area contributed by atoms with Gasteiger partial charge in [-0.1, -0.05) is 24.3 Å². The molecular weight excluding hydrogens is 312 g/mol. The lowest BCUT2D eigenvalue weighted by atomic mass is 10.1. The molecule has 2 aromatic rings. The van der Waals surface area contributed by atoms with Gasteiger partial charge in [0.05, 0.1) is 0 Å². The Kier molecular flexibility index (Phi) is 4.98. The second kappa shape index (κ2) is 7.34. The lowest BCUT2D eigenvalue weighted by Crippen LogP contribution is -2.23. The highest BCUT2D eigenvalue weighted by Crippen LogP contribution is 2.22. The second-order valence-electron chi connectivity index (χ2n) is 6.31. The Morgan fingerprint density at radius 3 is 2.56 bits per heavy atom. The van der Waals surface area contributed by atoms with E-state index in [-0.39, 0.29) is 11.8 Å². The molecule has 1 fully saturated rings. The molecule has 0 aromatic heterocycles. The molecule has 1 aliphatic heterocycles. The normalized spacial score (nSPS) is 14.3. The van der Waals surface area contributed by atoms with Crippen LogP contribution >= 0.6 is 0 Å². The third-order valence-corrected chi connectivity index (χ3v) is 4.57. The number of carbonyl (C=O) groups excluding carboxylic acids is 2. The number of rotatable bonds is 4. The number of nitrogens with one attached hydrogen (secondary N) is 1. The van der Waals surface area contributed by atoms with Crippen molar-refractivity contribution in [1.82, 2.24) is 0 Å². The van der Waals surface area contributed by atoms with Crippen LogP contribution < -0.4 is 10.2 Å². The Labute approximate surface area is 148 Å². The molecule has 1 aliphatic rings. The van der Waals surface area contributed by atoms with Crippen molar-refractivity contribution in [1.29, 1.82) is 0 Å². The van der Waals surface area contributed by atoms with Crippen molar-refractivity contribution in [2.75, 3.05) is 16.8 Å². The van der Waals surface area contributed by atoms with Crippen LogP contribution in [0.25, 0.3) is 6.08 Å². The molecule has 0 spiro atoms. The topological polar surface area (TPSA) is 49.4 Å². The standard InChI is InChI=1S/C21H22N2O2/c1-15-5-3-6-19(16(15)2)22-20(24)13-10-17-8-11-18(12-9-17)23-14-4-7-21(23)25/h3,5-6,8-13H,4,7,14H2,1-2H3,(H,22,24)/b13-10+. The van der Waals surface area contributed by atoms with E-state index < -0.39 is 0 Å². The maximum Gasteiger partial charge on any atom is 0.248 e. The zero-order valence-electron chi connectivity index (χ0n) is 14.6. The van der Waals surface area contributed by atoms with Gasteiger partial charge in [0, 0.05) is 30.4 Å². The molecule has 0 bridgehead atoms. The minimum Gasteiger partial charge on any atom is -0.322 e. The summed E-state index contributed by atoms with van der Waals surface area (Å²) >= 11 is 0. The molecule has 0 unspecified atom stereocenters. The van der Waals surface area contributed by atoms with Gasteiger partial charge in [0.15, 0.2) is 0 Å². The van der Waals surface area contributed by atoms with Crippen LogP contribution in [-0.2, 0) is 9.59 Å². The Morgan fingerprint density at radius 2 is 1.88 bits per heavy atom. The minimum atomic E-state index is -0.160. The molecule has 1 N–H and O–H groups in total. The molecule has 2 amide bonds. The third-order valence-electron chi connectivity index (χ3n) is 4.57. The number of amides is 2. The van der Waals surface area contributed by atoms with E-state index >= 15 is 0 Å². The minimum absolute atomic E-state index is 0.160. The monoisotopic (exact) mass is 334 g/mol. The average Bonchev–Trinajstić information content (AvgIpc) is 3.04. The van der Waals surface area contributed by atoms with E-state index in [1.54, 1.807) is 11.0 Å². The van der Waals surface area contributed by atoms with Crippen molar-refractivity contribution < 1.29 is 9.59 Å². The summed E-state index contributed by atoms with van der Waals surface area (Å²) in [6.07, 6.45) is 4.84. The van der Waals surface area contributed by atoms with E-state index in [0.717, 1.165) is 41.0 Å². The first-order chi connectivity index (χ1) is 12.0. The van der Waals surface area contributed by atoms with E-state index in [1.165, 1.54) is 6.08 Å². The highest BCUT2D eigenvalue weighted by atomic mass is 16.2. The number of aryl methyl sites for hydroxylation is 1. The van der Waals surface area contributed by atoms with Crippen molar-refractivity contribution in [3.8, 4) is 0 Å². The summed E-state index contributed by atoms with van der Waals surface area (Å²) < 4.78 is 0. The number of nitrogens with zero attached hydrogens (tertiary/aromatic N) is 1. The number of carbonyl (C=O) groups is 2. The van der Waals surface area contributed by atoms with Crippen LogP contribution in [0.2, 0.25) is 0 Å².